The maximum atomic E-state index is 11.8. The van der Waals surface area contributed by atoms with Crippen molar-refractivity contribution in [2.24, 2.45) is 5.41 Å². The highest BCUT2D eigenvalue weighted by molar-refractivity contribution is 5.82. The van der Waals surface area contributed by atoms with Gasteiger partial charge in [0.05, 0.1) is 13.0 Å². The van der Waals surface area contributed by atoms with Crippen LogP contribution in [0.25, 0.3) is 0 Å². The predicted molar refractivity (Wildman–Crippen MR) is 61.7 cm³/mol. The van der Waals surface area contributed by atoms with Gasteiger partial charge in [-0.1, -0.05) is 13.8 Å². The van der Waals surface area contributed by atoms with E-state index in [9.17, 15) is 9.59 Å². The third kappa shape index (κ3) is 5.65. The minimum absolute atomic E-state index is 0.0943. The summed E-state index contributed by atoms with van der Waals surface area (Å²) >= 11 is 0. The normalized spacial score (nSPS) is 13.2. The minimum atomic E-state index is -0.949. The van der Waals surface area contributed by atoms with Crippen LogP contribution in [0.2, 0.25) is 0 Å². The van der Waals surface area contributed by atoms with Crippen molar-refractivity contribution in [2.75, 3.05) is 27.4 Å². The lowest BCUT2D eigenvalue weighted by molar-refractivity contribution is -0.141. The summed E-state index contributed by atoms with van der Waals surface area (Å²) in [5, 5.41) is 11.0. The third-order valence-electron chi connectivity index (χ3n) is 2.34. The number of carboxylic acid groups (broad SMARTS) is 1. The van der Waals surface area contributed by atoms with E-state index in [1.54, 1.807) is 7.11 Å². The first-order chi connectivity index (χ1) is 7.85. The molecule has 0 saturated heterocycles. The molecule has 0 fully saturated rings. The molecule has 0 heterocycles. The lowest BCUT2D eigenvalue weighted by atomic mass is 9.86. The molecule has 0 saturated carbocycles. The summed E-state index contributed by atoms with van der Waals surface area (Å²) < 4.78 is 10.2. The smallest absolute Gasteiger partial charge is 0.305 e. The fraction of sp³-hybridized carbons (Fsp3) is 0.818. The number of hydrogen-bond donors (Lipinski definition) is 2. The minimum Gasteiger partial charge on any atom is -0.481 e. The van der Waals surface area contributed by atoms with Crippen molar-refractivity contribution in [1.29, 1.82) is 0 Å². The van der Waals surface area contributed by atoms with Gasteiger partial charge >= 0.3 is 5.97 Å². The molecule has 6 nitrogen and oxygen atoms in total. The fourth-order valence-electron chi connectivity index (χ4n) is 1.61. The second kappa shape index (κ2) is 7.24. The van der Waals surface area contributed by atoms with Crippen LogP contribution in [0.15, 0.2) is 0 Å². The van der Waals surface area contributed by atoms with E-state index in [0.717, 1.165) is 0 Å². The highest BCUT2D eigenvalue weighted by atomic mass is 16.5. The number of ether oxygens (including phenoxy) is 2. The predicted octanol–water partition coefficient (Wildman–Crippen LogP) is 0.265. The molecule has 0 aromatic rings. The maximum Gasteiger partial charge on any atom is 0.305 e. The molecule has 0 bridgehead atoms. The summed E-state index contributed by atoms with van der Waals surface area (Å²) in [7, 11) is 3.00. The molecule has 1 atom stereocenters. The number of hydrogen-bond acceptors (Lipinski definition) is 4. The van der Waals surface area contributed by atoms with Crippen LogP contribution in [0, 0.1) is 5.41 Å². The topological polar surface area (TPSA) is 84.9 Å². The van der Waals surface area contributed by atoms with Crippen LogP contribution in [-0.4, -0.2) is 50.5 Å². The number of carbonyl (C=O) groups excluding carboxylic acids is 1. The van der Waals surface area contributed by atoms with E-state index < -0.39 is 17.5 Å². The standard InChI is InChI=1S/C11H21NO5/c1-11(2,7-16-3)9(17-4)10(15)12-6-5-8(13)14/h9H,5-7H2,1-4H3,(H,12,15)(H,13,14)/t9-/m0/s1. The van der Waals surface area contributed by atoms with Crippen LogP contribution in [0.3, 0.4) is 0 Å². The van der Waals surface area contributed by atoms with Gasteiger partial charge in [-0.05, 0) is 0 Å². The molecule has 1 amide bonds. The Kier molecular flexibility index (Phi) is 6.75. The molecule has 6 heteroatoms. The van der Waals surface area contributed by atoms with E-state index in [1.165, 1.54) is 7.11 Å². The van der Waals surface area contributed by atoms with Gasteiger partial charge in [-0.2, -0.15) is 0 Å². The van der Waals surface area contributed by atoms with Crippen LogP contribution in [0.1, 0.15) is 20.3 Å². The summed E-state index contributed by atoms with van der Waals surface area (Å²) in [6, 6.07) is 0. The molecule has 0 aliphatic rings. The summed E-state index contributed by atoms with van der Waals surface area (Å²) in [6.07, 6.45) is -0.774. The molecule has 0 unspecified atom stereocenters. The number of methoxy groups -OCH3 is 2. The van der Waals surface area contributed by atoms with Gasteiger partial charge in [0.25, 0.3) is 0 Å². The zero-order valence-corrected chi connectivity index (χ0v) is 10.8. The average molecular weight is 247 g/mol. The Bertz CT molecular complexity index is 265. The average Bonchev–Trinajstić information content (AvgIpc) is 2.17. The van der Waals surface area contributed by atoms with Gasteiger partial charge in [0.2, 0.25) is 5.91 Å². The lowest BCUT2D eigenvalue weighted by Crippen LogP contribution is -2.47. The fourth-order valence-corrected chi connectivity index (χ4v) is 1.61. The first-order valence-electron chi connectivity index (χ1n) is 5.36. The van der Waals surface area contributed by atoms with Gasteiger partial charge in [0.1, 0.15) is 6.10 Å². The molecular formula is C11H21NO5. The van der Waals surface area contributed by atoms with Crippen molar-refractivity contribution in [2.45, 2.75) is 26.4 Å². The van der Waals surface area contributed by atoms with Crippen molar-refractivity contribution in [3.05, 3.63) is 0 Å². The number of carboxylic acids is 1. The van der Waals surface area contributed by atoms with Crippen LogP contribution in [-0.2, 0) is 19.1 Å². The Morgan fingerprint density at radius 2 is 1.94 bits per heavy atom. The quantitative estimate of drug-likeness (QED) is 0.643. The molecule has 0 spiro atoms. The van der Waals surface area contributed by atoms with E-state index in [4.69, 9.17) is 14.6 Å². The van der Waals surface area contributed by atoms with Crippen molar-refractivity contribution in [3.63, 3.8) is 0 Å². The summed E-state index contributed by atoms with van der Waals surface area (Å²) in [4.78, 5) is 22.1. The Labute approximate surface area is 101 Å². The zero-order chi connectivity index (χ0) is 13.5. The van der Waals surface area contributed by atoms with E-state index in [1.807, 2.05) is 13.8 Å². The van der Waals surface area contributed by atoms with Crippen LogP contribution < -0.4 is 5.32 Å². The largest absolute Gasteiger partial charge is 0.481 e. The number of carbonyl (C=O) groups is 2. The van der Waals surface area contributed by atoms with Gasteiger partial charge in [0.15, 0.2) is 0 Å². The molecule has 17 heavy (non-hydrogen) atoms. The first-order valence-corrected chi connectivity index (χ1v) is 5.36. The van der Waals surface area contributed by atoms with Gasteiger partial charge < -0.3 is 19.9 Å². The summed E-state index contributed by atoms with van der Waals surface area (Å²) in [5.41, 5.74) is -0.475. The SMILES string of the molecule is COCC(C)(C)[C@@H](OC)C(=O)NCCC(=O)O. The van der Waals surface area contributed by atoms with Gasteiger partial charge in [-0.25, -0.2) is 0 Å². The van der Waals surface area contributed by atoms with E-state index in [0.29, 0.717) is 6.61 Å². The maximum absolute atomic E-state index is 11.8. The molecule has 0 aromatic heterocycles. The molecular weight excluding hydrogens is 226 g/mol. The van der Waals surface area contributed by atoms with E-state index in [-0.39, 0.29) is 18.9 Å². The van der Waals surface area contributed by atoms with E-state index in [2.05, 4.69) is 5.32 Å². The number of amides is 1. The van der Waals surface area contributed by atoms with Crippen molar-refractivity contribution in [1.82, 2.24) is 5.32 Å². The van der Waals surface area contributed by atoms with Crippen molar-refractivity contribution in [3.8, 4) is 0 Å². The van der Waals surface area contributed by atoms with Gasteiger partial charge in [-0.3, -0.25) is 9.59 Å². The van der Waals surface area contributed by atoms with Crippen LogP contribution in [0.5, 0.6) is 0 Å². The summed E-state index contributed by atoms with van der Waals surface area (Å²) in [5.74, 6) is -1.27. The zero-order valence-electron chi connectivity index (χ0n) is 10.8. The molecule has 0 aliphatic heterocycles. The molecule has 0 aromatic carbocycles. The third-order valence-corrected chi connectivity index (χ3v) is 2.34. The molecule has 0 rings (SSSR count). The highest BCUT2D eigenvalue weighted by Crippen LogP contribution is 2.23. The number of rotatable bonds is 8. The number of aliphatic carboxylic acids is 1. The molecule has 100 valence electrons. The second-order valence-corrected chi connectivity index (χ2v) is 4.47. The Hall–Kier alpha value is -1.14. The van der Waals surface area contributed by atoms with E-state index >= 15 is 0 Å². The lowest BCUT2D eigenvalue weighted by Gasteiger charge is -2.31. The van der Waals surface area contributed by atoms with Crippen molar-refractivity contribution >= 4 is 11.9 Å². The van der Waals surface area contributed by atoms with Crippen LogP contribution >= 0.6 is 0 Å². The molecule has 0 radical (unpaired) electrons. The van der Waals surface area contributed by atoms with Gasteiger partial charge in [0, 0.05) is 26.2 Å². The molecule has 2 N–H and O–H groups in total. The van der Waals surface area contributed by atoms with Gasteiger partial charge in [-0.15, -0.1) is 0 Å². The highest BCUT2D eigenvalue weighted by Gasteiger charge is 2.35. The van der Waals surface area contributed by atoms with Crippen molar-refractivity contribution < 1.29 is 24.2 Å². The second-order valence-electron chi connectivity index (χ2n) is 4.47. The molecule has 0 aliphatic carbocycles. The first kappa shape index (κ1) is 15.9. The summed E-state index contributed by atoms with van der Waals surface area (Å²) in [6.45, 7) is 4.16. The number of nitrogens with one attached hydrogen (secondary N) is 1. The monoisotopic (exact) mass is 247 g/mol. The Morgan fingerprint density at radius 3 is 2.35 bits per heavy atom. The Balaban J connectivity index is 4.34. The van der Waals surface area contributed by atoms with Crippen LogP contribution in [0.4, 0.5) is 0 Å². The Morgan fingerprint density at radius 1 is 1.35 bits per heavy atom.